The molecule has 0 aliphatic rings. The Kier molecular flexibility index (Phi) is 5.73. The summed E-state index contributed by atoms with van der Waals surface area (Å²) < 4.78 is 5.11. The third-order valence-corrected chi connectivity index (χ3v) is 2.19. The van der Waals surface area contributed by atoms with E-state index in [1.165, 1.54) is 0 Å². The molecular formula is C15H19N3O2. The Hall–Kier alpha value is -2.35. The monoisotopic (exact) mass is 273 g/mol. The zero-order valence-corrected chi connectivity index (χ0v) is 12.0. The van der Waals surface area contributed by atoms with Gasteiger partial charge in [0.2, 0.25) is 0 Å². The Bertz CT molecular complexity index is 507. The number of rotatable bonds is 4. The van der Waals surface area contributed by atoms with E-state index in [1.807, 2.05) is 45.1 Å². The maximum absolute atomic E-state index is 11.4. The molecule has 0 aromatic carbocycles. The molecule has 0 aliphatic heterocycles. The van der Waals surface area contributed by atoms with Crippen molar-refractivity contribution in [1.82, 2.24) is 10.3 Å². The van der Waals surface area contributed by atoms with Crippen LogP contribution in [0, 0.1) is 11.3 Å². The third kappa shape index (κ3) is 6.55. The van der Waals surface area contributed by atoms with E-state index in [-0.39, 0.29) is 0 Å². The zero-order chi connectivity index (χ0) is 15.0. The van der Waals surface area contributed by atoms with Crippen LogP contribution in [-0.2, 0) is 4.74 Å². The van der Waals surface area contributed by atoms with Gasteiger partial charge in [-0.15, -0.1) is 0 Å². The fraction of sp³-hybridized carbons (Fsp3) is 0.400. The van der Waals surface area contributed by atoms with Gasteiger partial charge in [0.1, 0.15) is 17.4 Å². The van der Waals surface area contributed by atoms with E-state index in [4.69, 9.17) is 10.00 Å². The summed E-state index contributed by atoms with van der Waals surface area (Å²) in [5.41, 5.74) is 0.837. The lowest BCUT2D eigenvalue weighted by atomic mass is 10.2. The molecule has 0 fully saturated rings. The fourth-order valence-electron chi connectivity index (χ4n) is 1.36. The molecule has 1 N–H and O–H groups in total. The molecule has 1 amide bonds. The van der Waals surface area contributed by atoms with E-state index in [0.29, 0.717) is 18.7 Å². The van der Waals surface area contributed by atoms with Gasteiger partial charge in [0.25, 0.3) is 0 Å². The van der Waals surface area contributed by atoms with E-state index in [9.17, 15) is 4.79 Å². The van der Waals surface area contributed by atoms with Crippen LogP contribution < -0.4 is 5.32 Å². The van der Waals surface area contributed by atoms with E-state index in [0.717, 1.165) is 5.56 Å². The maximum atomic E-state index is 11.4. The molecule has 0 spiro atoms. The van der Waals surface area contributed by atoms with Gasteiger partial charge < -0.3 is 10.1 Å². The van der Waals surface area contributed by atoms with Crippen LogP contribution >= 0.6 is 0 Å². The molecule has 1 aromatic rings. The van der Waals surface area contributed by atoms with Gasteiger partial charge in [0, 0.05) is 12.7 Å². The summed E-state index contributed by atoms with van der Waals surface area (Å²) in [4.78, 5) is 15.3. The summed E-state index contributed by atoms with van der Waals surface area (Å²) >= 11 is 0. The number of aromatic nitrogens is 1. The van der Waals surface area contributed by atoms with Crippen LogP contribution in [-0.4, -0.2) is 23.2 Å². The van der Waals surface area contributed by atoms with Gasteiger partial charge in [0.05, 0.1) is 0 Å². The van der Waals surface area contributed by atoms with Crippen molar-refractivity contribution < 1.29 is 9.53 Å². The predicted octanol–water partition coefficient (Wildman–Crippen LogP) is 2.88. The first-order valence-electron chi connectivity index (χ1n) is 6.40. The van der Waals surface area contributed by atoms with Gasteiger partial charge in [-0.25, -0.2) is 9.78 Å². The Morgan fingerprint density at radius 2 is 2.25 bits per heavy atom. The number of nitrogens with one attached hydrogen (secondary N) is 1. The third-order valence-electron chi connectivity index (χ3n) is 2.19. The highest BCUT2D eigenvalue weighted by molar-refractivity contribution is 5.67. The number of hydrogen-bond acceptors (Lipinski definition) is 4. The number of carbonyl (C=O) groups is 1. The first kappa shape index (κ1) is 15.7. The van der Waals surface area contributed by atoms with Crippen molar-refractivity contribution in [2.45, 2.75) is 32.8 Å². The van der Waals surface area contributed by atoms with E-state index in [1.54, 1.807) is 12.3 Å². The van der Waals surface area contributed by atoms with Crippen LogP contribution in [0.5, 0.6) is 0 Å². The van der Waals surface area contributed by atoms with Crippen LogP contribution in [0.1, 0.15) is 38.4 Å². The minimum Gasteiger partial charge on any atom is -0.444 e. The average Bonchev–Trinajstić information content (AvgIpc) is 2.37. The largest absolute Gasteiger partial charge is 0.444 e. The lowest BCUT2D eigenvalue weighted by molar-refractivity contribution is 0.0529. The van der Waals surface area contributed by atoms with Gasteiger partial charge in [0.15, 0.2) is 0 Å². The number of pyridine rings is 1. The second-order valence-electron chi connectivity index (χ2n) is 5.21. The van der Waals surface area contributed by atoms with Crippen molar-refractivity contribution in [3.63, 3.8) is 0 Å². The highest BCUT2D eigenvalue weighted by atomic mass is 16.6. The summed E-state index contributed by atoms with van der Waals surface area (Å²) in [5.74, 6) is 0. The molecule has 106 valence electrons. The first-order valence-corrected chi connectivity index (χ1v) is 6.40. The van der Waals surface area contributed by atoms with Crippen LogP contribution in [0.25, 0.3) is 6.08 Å². The smallest absolute Gasteiger partial charge is 0.407 e. The summed E-state index contributed by atoms with van der Waals surface area (Å²) in [7, 11) is 0. The Labute approximate surface area is 119 Å². The molecule has 5 nitrogen and oxygen atoms in total. The molecule has 0 unspecified atom stereocenters. The van der Waals surface area contributed by atoms with E-state index >= 15 is 0 Å². The molecule has 0 radical (unpaired) electrons. The molecule has 1 heterocycles. The van der Waals surface area contributed by atoms with Gasteiger partial charge in [-0.1, -0.05) is 18.2 Å². The van der Waals surface area contributed by atoms with E-state index in [2.05, 4.69) is 10.3 Å². The number of nitriles is 1. The Balaban J connectivity index is 2.28. The predicted molar refractivity (Wildman–Crippen MR) is 76.8 cm³/mol. The number of carbonyl (C=O) groups excluding carboxylic acids is 1. The second-order valence-corrected chi connectivity index (χ2v) is 5.21. The SMILES string of the molecule is CC(C)(C)OC(=O)NCCC=Cc1ccc(C#N)nc1. The van der Waals surface area contributed by atoms with Crippen molar-refractivity contribution >= 4 is 12.2 Å². The first-order chi connectivity index (χ1) is 9.40. The molecule has 5 heteroatoms. The van der Waals surface area contributed by atoms with Gasteiger partial charge in [-0.3, -0.25) is 0 Å². The minimum absolute atomic E-state index is 0.397. The van der Waals surface area contributed by atoms with Crippen LogP contribution in [0.3, 0.4) is 0 Å². The molecular weight excluding hydrogens is 254 g/mol. The van der Waals surface area contributed by atoms with Crippen molar-refractivity contribution in [2.24, 2.45) is 0 Å². The lowest BCUT2D eigenvalue weighted by Crippen LogP contribution is -2.32. The summed E-state index contributed by atoms with van der Waals surface area (Å²) in [6.45, 7) is 5.98. The van der Waals surface area contributed by atoms with Crippen LogP contribution in [0.2, 0.25) is 0 Å². The molecule has 0 atom stereocenters. The number of amides is 1. The van der Waals surface area contributed by atoms with Crippen LogP contribution in [0.15, 0.2) is 24.4 Å². The van der Waals surface area contributed by atoms with Gasteiger partial charge in [-0.2, -0.15) is 5.26 Å². The van der Waals surface area contributed by atoms with Crippen molar-refractivity contribution in [1.29, 1.82) is 5.26 Å². The summed E-state index contributed by atoms with van der Waals surface area (Å²) in [6.07, 6.45) is 5.74. The minimum atomic E-state index is -0.478. The maximum Gasteiger partial charge on any atom is 0.407 e. The highest BCUT2D eigenvalue weighted by Crippen LogP contribution is 2.06. The topological polar surface area (TPSA) is 75.0 Å². The molecule has 20 heavy (non-hydrogen) atoms. The number of alkyl carbamates (subject to hydrolysis) is 1. The summed E-state index contributed by atoms with van der Waals surface area (Å²) in [6, 6.07) is 5.45. The standard InChI is InChI=1S/C15H19N3O2/c1-15(2,3)20-14(19)17-9-5-4-6-12-7-8-13(10-16)18-11-12/h4,6-8,11H,5,9H2,1-3H3,(H,17,19). The molecule has 0 bridgehead atoms. The average molecular weight is 273 g/mol. The molecule has 0 saturated heterocycles. The molecule has 0 saturated carbocycles. The molecule has 1 aromatic heterocycles. The number of hydrogen-bond donors (Lipinski definition) is 1. The van der Waals surface area contributed by atoms with Crippen molar-refractivity contribution in [3.8, 4) is 6.07 Å². The molecule has 1 rings (SSSR count). The quantitative estimate of drug-likeness (QED) is 0.856. The molecule has 0 aliphatic carbocycles. The number of ether oxygens (including phenoxy) is 1. The zero-order valence-electron chi connectivity index (χ0n) is 12.0. The lowest BCUT2D eigenvalue weighted by Gasteiger charge is -2.19. The summed E-state index contributed by atoms with van der Waals surface area (Å²) in [5, 5.41) is 11.3. The second kappa shape index (κ2) is 7.29. The number of nitrogens with zero attached hydrogens (tertiary/aromatic N) is 2. The van der Waals surface area contributed by atoms with Gasteiger partial charge >= 0.3 is 6.09 Å². The Morgan fingerprint density at radius 3 is 2.80 bits per heavy atom. The van der Waals surface area contributed by atoms with E-state index < -0.39 is 11.7 Å². The van der Waals surface area contributed by atoms with Crippen molar-refractivity contribution in [2.75, 3.05) is 6.54 Å². The van der Waals surface area contributed by atoms with Crippen molar-refractivity contribution in [3.05, 3.63) is 35.7 Å². The van der Waals surface area contributed by atoms with Crippen LogP contribution in [0.4, 0.5) is 4.79 Å². The normalized spacial score (nSPS) is 11.1. The van der Waals surface area contributed by atoms with Gasteiger partial charge in [-0.05, 0) is 38.8 Å². The highest BCUT2D eigenvalue weighted by Gasteiger charge is 2.14. The Morgan fingerprint density at radius 1 is 1.50 bits per heavy atom. The fourth-order valence-corrected chi connectivity index (χ4v) is 1.36.